The summed E-state index contributed by atoms with van der Waals surface area (Å²) in [6.07, 6.45) is 6.32. The van der Waals surface area contributed by atoms with Gasteiger partial charge in [0.25, 0.3) is 0 Å². The Hall–Kier alpha value is -0.600. The first-order valence-corrected chi connectivity index (χ1v) is 3.57. The van der Waals surface area contributed by atoms with Gasteiger partial charge in [-0.3, -0.25) is 11.3 Å². The lowest BCUT2D eigenvalue weighted by atomic mass is 9.91. The maximum atomic E-state index is 5.36. The van der Waals surface area contributed by atoms with Gasteiger partial charge in [0.15, 0.2) is 0 Å². The van der Waals surface area contributed by atoms with E-state index in [0.717, 1.165) is 0 Å². The first kappa shape index (κ1) is 7.51. The van der Waals surface area contributed by atoms with Crippen molar-refractivity contribution >= 4 is 0 Å². The van der Waals surface area contributed by atoms with Crippen LogP contribution in [0.1, 0.15) is 13.8 Å². The molecule has 0 aromatic carbocycles. The SMILES string of the molecule is CC1=CC=CC(C)C1NN. The fraction of sp³-hybridized carbons (Fsp3) is 0.500. The van der Waals surface area contributed by atoms with Crippen LogP contribution in [-0.4, -0.2) is 6.04 Å². The predicted molar refractivity (Wildman–Crippen MR) is 43.2 cm³/mol. The molecule has 2 nitrogen and oxygen atoms in total. The van der Waals surface area contributed by atoms with E-state index in [1.165, 1.54) is 5.57 Å². The monoisotopic (exact) mass is 138 g/mol. The van der Waals surface area contributed by atoms with Gasteiger partial charge in [0.1, 0.15) is 0 Å². The summed E-state index contributed by atoms with van der Waals surface area (Å²) in [5, 5.41) is 0. The second-order valence-electron chi connectivity index (χ2n) is 2.80. The number of nitrogens with one attached hydrogen (secondary N) is 1. The molecule has 0 aliphatic heterocycles. The molecule has 0 bridgehead atoms. The van der Waals surface area contributed by atoms with E-state index in [4.69, 9.17) is 5.84 Å². The largest absolute Gasteiger partial charge is 0.271 e. The third-order valence-electron chi connectivity index (χ3n) is 1.97. The van der Waals surface area contributed by atoms with Crippen molar-refractivity contribution in [1.29, 1.82) is 0 Å². The van der Waals surface area contributed by atoms with Gasteiger partial charge in [-0.25, -0.2) is 0 Å². The van der Waals surface area contributed by atoms with Crippen LogP contribution >= 0.6 is 0 Å². The molecule has 0 spiro atoms. The Morgan fingerprint density at radius 3 is 2.70 bits per heavy atom. The molecule has 0 aromatic heterocycles. The highest BCUT2D eigenvalue weighted by Gasteiger charge is 2.16. The molecule has 1 rings (SSSR count). The molecule has 3 N–H and O–H groups in total. The van der Waals surface area contributed by atoms with Crippen molar-refractivity contribution in [3.8, 4) is 0 Å². The standard InChI is InChI=1S/C8H14N2/c1-6-4-3-5-7(2)8(6)10-9/h3-6,8,10H,9H2,1-2H3. The van der Waals surface area contributed by atoms with Gasteiger partial charge in [-0.1, -0.05) is 30.7 Å². The Morgan fingerprint density at radius 1 is 1.60 bits per heavy atom. The lowest BCUT2D eigenvalue weighted by Crippen LogP contribution is -2.40. The average Bonchev–Trinajstić information content (AvgIpc) is 1.88. The first-order chi connectivity index (χ1) is 4.75. The van der Waals surface area contributed by atoms with Crippen LogP contribution in [0.2, 0.25) is 0 Å². The molecule has 2 heteroatoms. The molecule has 0 fully saturated rings. The van der Waals surface area contributed by atoms with Crippen LogP contribution in [-0.2, 0) is 0 Å². The number of hydrazine groups is 1. The summed E-state index contributed by atoms with van der Waals surface area (Å²) in [4.78, 5) is 0. The van der Waals surface area contributed by atoms with E-state index in [-0.39, 0.29) is 0 Å². The lowest BCUT2D eigenvalue weighted by Gasteiger charge is -2.23. The Kier molecular flexibility index (Phi) is 2.25. The van der Waals surface area contributed by atoms with Crippen molar-refractivity contribution in [2.24, 2.45) is 11.8 Å². The molecule has 2 atom stereocenters. The zero-order chi connectivity index (χ0) is 7.56. The summed E-state index contributed by atoms with van der Waals surface area (Å²) in [6, 6.07) is 0.324. The quantitative estimate of drug-likeness (QED) is 0.418. The maximum Gasteiger partial charge on any atom is 0.0480 e. The van der Waals surface area contributed by atoms with E-state index in [2.05, 4.69) is 37.5 Å². The van der Waals surface area contributed by atoms with E-state index in [1.807, 2.05) is 0 Å². The molecule has 1 aliphatic carbocycles. The van der Waals surface area contributed by atoms with Crippen LogP contribution in [0.4, 0.5) is 0 Å². The third-order valence-corrected chi connectivity index (χ3v) is 1.97. The highest BCUT2D eigenvalue weighted by Crippen LogP contribution is 2.17. The summed E-state index contributed by atoms with van der Waals surface area (Å²) in [5.41, 5.74) is 4.09. The van der Waals surface area contributed by atoms with Crippen molar-refractivity contribution in [3.05, 3.63) is 23.8 Å². The zero-order valence-electron chi connectivity index (χ0n) is 6.46. The van der Waals surface area contributed by atoms with E-state index in [0.29, 0.717) is 12.0 Å². The number of nitrogens with two attached hydrogens (primary N) is 1. The van der Waals surface area contributed by atoms with Crippen LogP contribution in [0.3, 0.4) is 0 Å². The molecular formula is C8H14N2. The average molecular weight is 138 g/mol. The predicted octanol–water partition coefficient (Wildman–Crippen LogP) is 0.970. The smallest absolute Gasteiger partial charge is 0.0480 e. The van der Waals surface area contributed by atoms with Crippen molar-refractivity contribution in [2.45, 2.75) is 19.9 Å². The molecule has 10 heavy (non-hydrogen) atoms. The van der Waals surface area contributed by atoms with Crippen LogP contribution in [0, 0.1) is 5.92 Å². The van der Waals surface area contributed by atoms with Gasteiger partial charge in [-0.15, -0.1) is 0 Å². The molecule has 1 aliphatic rings. The van der Waals surface area contributed by atoms with E-state index >= 15 is 0 Å². The fourth-order valence-electron chi connectivity index (χ4n) is 1.30. The van der Waals surface area contributed by atoms with Crippen molar-refractivity contribution in [1.82, 2.24) is 5.43 Å². The van der Waals surface area contributed by atoms with Gasteiger partial charge in [0.2, 0.25) is 0 Å². The van der Waals surface area contributed by atoms with Gasteiger partial charge in [0.05, 0.1) is 0 Å². The molecule has 0 saturated carbocycles. The fourth-order valence-corrected chi connectivity index (χ4v) is 1.30. The Labute approximate surface area is 61.8 Å². The van der Waals surface area contributed by atoms with Crippen molar-refractivity contribution < 1.29 is 0 Å². The Balaban J connectivity index is 2.71. The minimum atomic E-state index is 0.324. The van der Waals surface area contributed by atoms with Crippen LogP contribution in [0.15, 0.2) is 23.8 Å². The molecule has 0 amide bonds. The molecule has 0 saturated heterocycles. The van der Waals surface area contributed by atoms with E-state index < -0.39 is 0 Å². The molecule has 56 valence electrons. The lowest BCUT2D eigenvalue weighted by molar-refractivity contribution is 0.488. The molecule has 0 heterocycles. The maximum absolute atomic E-state index is 5.36. The minimum absolute atomic E-state index is 0.324. The molecule has 2 unspecified atom stereocenters. The summed E-state index contributed by atoms with van der Waals surface area (Å²) in [5.74, 6) is 5.87. The normalized spacial score (nSPS) is 32.1. The Bertz CT molecular complexity index is 170. The second kappa shape index (κ2) is 2.99. The van der Waals surface area contributed by atoms with Gasteiger partial charge in [0, 0.05) is 6.04 Å². The zero-order valence-corrected chi connectivity index (χ0v) is 6.46. The van der Waals surface area contributed by atoms with Gasteiger partial charge in [-0.2, -0.15) is 0 Å². The Morgan fingerprint density at radius 2 is 2.30 bits per heavy atom. The number of hydrogen-bond donors (Lipinski definition) is 2. The highest BCUT2D eigenvalue weighted by molar-refractivity contribution is 5.23. The molecule has 0 aromatic rings. The summed E-state index contributed by atoms with van der Waals surface area (Å²) >= 11 is 0. The second-order valence-corrected chi connectivity index (χ2v) is 2.80. The van der Waals surface area contributed by atoms with Crippen molar-refractivity contribution in [3.63, 3.8) is 0 Å². The summed E-state index contributed by atoms with van der Waals surface area (Å²) in [7, 11) is 0. The van der Waals surface area contributed by atoms with Gasteiger partial charge < -0.3 is 0 Å². The highest BCUT2D eigenvalue weighted by atomic mass is 15.2. The topological polar surface area (TPSA) is 38.0 Å². The summed E-state index contributed by atoms with van der Waals surface area (Å²) < 4.78 is 0. The minimum Gasteiger partial charge on any atom is -0.271 e. The van der Waals surface area contributed by atoms with Crippen LogP contribution in [0.5, 0.6) is 0 Å². The van der Waals surface area contributed by atoms with Gasteiger partial charge in [-0.05, 0) is 12.8 Å². The molecular weight excluding hydrogens is 124 g/mol. The van der Waals surface area contributed by atoms with Crippen molar-refractivity contribution in [2.75, 3.05) is 0 Å². The summed E-state index contributed by atoms with van der Waals surface area (Å²) in [6.45, 7) is 4.24. The number of rotatable bonds is 1. The van der Waals surface area contributed by atoms with Crippen LogP contribution < -0.4 is 11.3 Å². The first-order valence-electron chi connectivity index (χ1n) is 3.57. The van der Waals surface area contributed by atoms with E-state index in [1.54, 1.807) is 0 Å². The molecule has 0 radical (unpaired) electrons. The van der Waals surface area contributed by atoms with E-state index in [9.17, 15) is 0 Å². The van der Waals surface area contributed by atoms with Crippen LogP contribution in [0.25, 0.3) is 0 Å². The third kappa shape index (κ3) is 1.28. The van der Waals surface area contributed by atoms with Gasteiger partial charge >= 0.3 is 0 Å². The number of allylic oxidation sites excluding steroid dienone is 2. The number of hydrogen-bond acceptors (Lipinski definition) is 2.